The van der Waals surface area contributed by atoms with E-state index in [0.29, 0.717) is 5.02 Å². The van der Waals surface area contributed by atoms with Gasteiger partial charge in [-0.05, 0) is 58.0 Å². The molecule has 0 aliphatic heterocycles. The average Bonchev–Trinajstić information content (AvgIpc) is 2.33. The Kier molecular flexibility index (Phi) is 4.59. The number of hydrogen-bond donors (Lipinski definition) is 0. The largest absolute Gasteiger partial charge is 0.113 e. The first-order valence-corrected chi connectivity index (χ1v) is 7.19. The van der Waals surface area contributed by atoms with Gasteiger partial charge in [0.25, 0.3) is 0 Å². The SMILES string of the molecule is Clc1ccc(C(Cl)c2ccc(I)c(Cl)c2)cc1. The summed E-state index contributed by atoms with van der Waals surface area (Å²) in [4.78, 5) is 0. The monoisotopic (exact) mass is 396 g/mol. The third kappa shape index (κ3) is 3.28. The predicted molar refractivity (Wildman–Crippen MR) is 83.3 cm³/mol. The van der Waals surface area contributed by atoms with Crippen LogP contribution in [0.4, 0.5) is 0 Å². The van der Waals surface area contributed by atoms with Gasteiger partial charge in [0.1, 0.15) is 0 Å². The molecule has 0 aliphatic rings. The maximum atomic E-state index is 6.40. The number of benzene rings is 2. The summed E-state index contributed by atoms with van der Waals surface area (Å²) < 4.78 is 1.02. The van der Waals surface area contributed by atoms with Crippen LogP contribution >= 0.6 is 57.4 Å². The highest BCUT2D eigenvalue weighted by molar-refractivity contribution is 14.1. The molecule has 0 aliphatic carbocycles. The van der Waals surface area contributed by atoms with Crippen LogP contribution in [0.5, 0.6) is 0 Å². The second-order valence-electron chi connectivity index (χ2n) is 3.59. The van der Waals surface area contributed by atoms with Crippen LogP contribution in [0, 0.1) is 3.57 Å². The van der Waals surface area contributed by atoms with Crippen molar-refractivity contribution in [2.45, 2.75) is 5.38 Å². The van der Waals surface area contributed by atoms with Crippen molar-refractivity contribution >= 4 is 57.4 Å². The van der Waals surface area contributed by atoms with Crippen LogP contribution in [-0.2, 0) is 0 Å². The van der Waals surface area contributed by atoms with Crippen molar-refractivity contribution in [1.29, 1.82) is 0 Å². The van der Waals surface area contributed by atoms with Gasteiger partial charge in [-0.25, -0.2) is 0 Å². The second kappa shape index (κ2) is 5.79. The standard InChI is InChI=1S/C13H8Cl3I/c14-10-4-1-8(2-5-10)13(16)9-3-6-12(17)11(15)7-9/h1-7,13H. The highest BCUT2D eigenvalue weighted by Crippen LogP contribution is 2.32. The predicted octanol–water partition coefficient (Wildman–Crippen LogP) is 5.93. The lowest BCUT2D eigenvalue weighted by Gasteiger charge is -2.11. The zero-order valence-corrected chi connectivity index (χ0v) is 13.1. The molecular formula is C13H8Cl3I. The molecule has 88 valence electrons. The van der Waals surface area contributed by atoms with Gasteiger partial charge in [-0.3, -0.25) is 0 Å². The first-order chi connectivity index (χ1) is 8.08. The lowest BCUT2D eigenvalue weighted by Crippen LogP contribution is -1.93. The maximum absolute atomic E-state index is 6.40. The van der Waals surface area contributed by atoms with Crippen LogP contribution in [0.1, 0.15) is 16.5 Å². The van der Waals surface area contributed by atoms with Crippen LogP contribution in [-0.4, -0.2) is 0 Å². The maximum Gasteiger partial charge on any atom is 0.0836 e. The summed E-state index contributed by atoms with van der Waals surface area (Å²) in [6.07, 6.45) is 0. The third-order valence-electron chi connectivity index (χ3n) is 2.40. The molecule has 0 saturated heterocycles. The lowest BCUT2D eigenvalue weighted by molar-refractivity contribution is 1.14. The van der Waals surface area contributed by atoms with Crippen LogP contribution < -0.4 is 0 Å². The summed E-state index contributed by atoms with van der Waals surface area (Å²) in [6.45, 7) is 0. The van der Waals surface area contributed by atoms with E-state index in [1.807, 2.05) is 42.5 Å². The summed E-state index contributed by atoms with van der Waals surface area (Å²) >= 11 is 20.5. The molecule has 0 heterocycles. The number of hydrogen-bond acceptors (Lipinski definition) is 0. The van der Waals surface area contributed by atoms with E-state index in [1.54, 1.807) is 0 Å². The quantitative estimate of drug-likeness (QED) is 0.435. The van der Waals surface area contributed by atoms with E-state index >= 15 is 0 Å². The molecule has 0 spiro atoms. The first-order valence-electron chi connectivity index (χ1n) is 4.92. The van der Waals surface area contributed by atoms with Gasteiger partial charge < -0.3 is 0 Å². The Balaban J connectivity index is 2.33. The Bertz CT molecular complexity index is 523. The van der Waals surface area contributed by atoms with Crippen molar-refractivity contribution in [2.75, 3.05) is 0 Å². The van der Waals surface area contributed by atoms with Crippen molar-refractivity contribution in [3.8, 4) is 0 Å². The molecule has 1 atom stereocenters. The summed E-state index contributed by atoms with van der Waals surface area (Å²) in [5, 5.41) is 1.22. The Morgan fingerprint density at radius 2 is 1.47 bits per heavy atom. The van der Waals surface area contributed by atoms with Gasteiger partial charge >= 0.3 is 0 Å². The fraction of sp³-hybridized carbons (Fsp3) is 0.0769. The van der Waals surface area contributed by atoms with Crippen molar-refractivity contribution in [1.82, 2.24) is 0 Å². The molecule has 0 saturated carbocycles. The zero-order valence-electron chi connectivity index (χ0n) is 8.63. The number of halogens is 4. The minimum atomic E-state index is -0.207. The Labute approximate surface area is 129 Å². The van der Waals surface area contributed by atoms with Gasteiger partial charge in [-0.2, -0.15) is 0 Å². The summed E-state index contributed by atoms with van der Waals surface area (Å²) in [5.41, 5.74) is 1.99. The fourth-order valence-electron chi connectivity index (χ4n) is 1.49. The Morgan fingerprint density at radius 1 is 0.882 bits per heavy atom. The summed E-state index contributed by atoms with van der Waals surface area (Å²) in [7, 11) is 0. The van der Waals surface area contributed by atoms with E-state index in [2.05, 4.69) is 22.6 Å². The lowest BCUT2D eigenvalue weighted by atomic mass is 10.0. The van der Waals surface area contributed by atoms with Crippen LogP contribution in [0.3, 0.4) is 0 Å². The Hall–Kier alpha value is 0.0400. The second-order valence-corrected chi connectivity index (χ2v) is 6.03. The van der Waals surface area contributed by atoms with Gasteiger partial charge in [0, 0.05) is 8.59 Å². The molecule has 0 fully saturated rings. The molecule has 0 radical (unpaired) electrons. The number of rotatable bonds is 2. The van der Waals surface area contributed by atoms with E-state index in [0.717, 1.165) is 19.7 Å². The number of alkyl halides is 1. The third-order valence-corrected chi connectivity index (χ3v) is 4.73. The molecule has 0 aromatic heterocycles. The van der Waals surface area contributed by atoms with Crippen molar-refractivity contribution in [3.05, 3.63) is 67.2 Å². The van der Waals surface area contributed by atoms with Gasteiger partial charge in [0.05, 0.1) is 10.4 Å². The molecule has 0 nitrogen and oxygen atoms in total. The zero-order chi connectivity index (χ0) is 12.4. The van der Waals surface area contributed by atoms with E-state index in [9.17, 15) is 0 Å². The molecule has 1 unspecified atom stereocenters. The molecule has 17 heavy (non-hydrogen) atoms. The minimum Gasteiger partial charge on any atom is -0.113 e. The molecule has 0 N–H and O–H groups in total. The van der Waals surface area contributed by atoms with Gasteiger partial charge in [0.2, 0.25) is 0 Å². The van der Waals surface area contributed by atoms with Crippen molar-refractivity contribution in [3.63, 3.8) is 0 Å². The Morgan fingerprint density at radius 3 is 2.06 bits per heavy atom. The first kappa shape index (κ1) is 13.5. The smallest absolute Gasteiger partial charge is 0.0836 e. The summed E-state index contributed by atoms with van der Waals surface area (Å²) in [6, 6.07) is 13.4. The fourth-order valence-corrected chi connectivity index (χ4v) is 2.43. The molecule has 0 amide bonds. The van der Waals surface area contributed by atoms with E-state index in [4.69, 9.17) is 34.8 Å². The van der Waals surface area contributed by atoms with Gasteiger partial charge in [-0.15, -0.1) is 11.6 Å². The van der Waals surface area contributed by atoms with Crippen LogP contribution in [0.25, 0.3) is 0 Å². The van der Waals surface area contributed by atoms with Crippen molar-refractivity contribution < 1.29 is 0 Å². The normalized spacial score (nSPS) is 12.5. The molecule has 2 aromatic carbocycles. The molecular weight excluding hydrogens is 389 g/mol. The average molecular weight is 397 g/mol. The van der Waals surface area contributed by atoms with E-state index in [1.165, 1.54) is 0 Å². The topological polar surface area (TPSA) is 0 Å². The van der Waals surface area contributed by atoms with E-state index < -0.39 is 0 Å². The minimum absolute atomic E-state index is 0.207. The van der Waals surface area contributed by atoms with Crippen molar-refractivity contribution in [2.24, 2.45) is 0 Å². The highest BCUT2D eigenvalue weighted by atomic mass is 127. The van der Waals surface area contributed by atoms with Gasteiger partial charge in [-0.1, -0.05) is 41.4 Å². The van der Waals surface area contributed by atoms with E-state index in [-0.39, 0.29) is 5.38 Å². The molecule has 4 heteroatoms. The molecule has 0 bridgehead atoms. The van der Waals surface area contributed by atoms with Gasteiger partial charge in [0.15, 0.2) is 0 Å². The van der Waals surface area contributed by atoms with Crippen LogP contribution in [0.2, 0.25) is 10.0 Å². The highest BCUT2D eigenvalue weighted by Gasteiger charge is 2.11. The molecule has 2 rings (SSSR count). The summed E-state index contributed by atoms with van der Waals surface area (Å²) in [5.74, 6) is 0. The molecule has 2 aromatic rings. The van der Waals surface area contributed by atoms with Crippen LogP contribution in [0.15, 0.2) is 42.5 Å².